The van der Waals surface area contributed by atoms with Crippen LogP contribution in [-0.4, -0.2) is 8.80 Å². The summed E-state index contributed by atoms with van der Waals surface area (Å²) in [5, 5.41) is 9.09. The van der Waals surface area contributed by atoms with Crippen molar-refractivity contribution in [3.05, 3.63) is 48.0 Å². The number of nitriles is 1. The fourth-order valence-corrected chi connectivity index (χ4v) is 2.93. The molecule has 0 spiro atoms. The minimum atomic E-state index is -0.925. The standard InChI is InChI=1S/C13H17NSi/c1-4-5-11-6-8-12(9-7-11)13(10-14)15(2)3/h4,6-9,13,15H,1,5H2,2-3H3. The molecule has 0 aliphatic rings. The fraction of sp³-hybridized carbons (Fsp3) is 0.308. The second-order valence-corrected chi connectivity index (χ2v) is 7.24. The molecule has 0 fully saturated rings. The molecule has 0 bridgehead atoms. The van der Waals surface area contributed by atoms with E-state index < -0.39 is 8.80 Å². The first-order valence-electron chi connectivity index (χ1n) is 5.28. The summed E-state index contributed by atoms with van der Waals surface area (Å²) in [6.07, 6.45) is 2.80. The summed E-state index contributed by atoms with van der Waals surface area (Å²) >= 11 is 0. The smallest absolute Gasteiger partial charge is 0.0667 e. The van der Waals surface area contributed by atoms with E-state index in [1.54, 1.807) is 0 Å². The molecule has 0 N–H and O–H groups in total. The molecule has 1 nitrogen and oxygen atoms in total. The normalized spacial score (nSPS) is 12.1. The van der Waals surface area contributed by atoms with E-state index in [2.05, 4.69) is 50.0 Å². The average molecular weight is 215 g/mol. The molecule has 15 heavy (non-hydrogen) atoms. The fourth-order valence-electron chi connectivity index (χ4n) is 1.64. The molecule has 0 heterocycles. The summed E-state index contributed by atoms with van der Waals surface area (Å²) in [5.41, 5.74) is 2.57. The number of rotatable bonds is 4. The van der Waals surface area contributed by atoms with Crippen molar-refractivity contribution in [2.75, 3.05) is 0 Å². The maximum absolute atomic E-state index is 9.09. The number of nitrogens with zero attached hydrogens (tertiary/aromatic N) is 1. The molecule has 1 rings (SSSR count). The Kier molecular flexibility index (Phi) is 4.32. The van der Waals surface area contributed by atoms with E-state index in [0.29, 0.717) is 0 Å². The van der Waals surface area contributed by atoms with E-state index >= 15 is 0 Å². The molecule has 1 atom stereocenters. The Morgan fingerprint density at radius 3 is 2.40 bits per heavy atom. The summed E-state index contributed by atoms with van der Waals surface area (Å²) in [6.45, 7) is 8.14. The first-order chi connectivity index (χ1) is 7.19. The Labute approximate surface area is 93.7 Å². The molecule has 78 valence electrons. The van der Waals surface area contributed by atoms with Crippen molar-refractivity contribution in [2.45, 2.75) is 25.1 Å². The van der Waals surface area contributed by atoms with Crippen LogP contribution in [0.2, 0.25) is 13.1 Å². The Morgan fingerprint density at radius 1 is 1.40 bits per heavy atom. The van der Waals surface area contributed by atoms with Crippen LogP contribution in [0.4, 0.5) is 0 Å². The van der Waals surface area contributed by atoms with Crippen LogP contribution in [0.3, 0.4) is 0 Å². The van der Waals surface area contributed by atoms with E-state index in [0.717, 1.165) is 6.42 Å². The summed E-state index contributed by atoms with van der Waals surface area (Å²) in [5.74, 6) is 0. The predicted molar refractivity (Wildman–Crippen MR) is 67.6 cm³/mol. The van der Waals surface area contributed by atoms with E-state index in [1.807, 2.05) is 6.08 Å². The van der Waals surface area contributed by atoms with Crippen molar-refractivity contribution >= 4 is 8.80 Å². The van der Waals surface area contributed by atoms with Crippen LogP contribution >= 0.6 is 0 Å². The molecule has 0 aromatic heterocycles. The van der Waals surface area contributed by atoms with Crippen LogP contribution in [0, 0.1) is 11.3 Å². The van der Waals surface area contributed by atoms with E-state index in [1.165, 1.54) is 11.1 Å². The molecule has 0 radical (unpaired) electrons. The van der Waals surface area contributed by atoms with Gasteiger partial charge in [0, 0.05) is 0 Å². The predicted octanol–water partition coefficient (Wildman–Crippen LogP) is 3.05. The SMILES string of the molecule is C=CCc1ccc(C(C#N)[SiH](C)C)cc1. The molecule has 2 heteroatoms. The van der Waals surface area contributed by atoms with E-state index in [4.69, 9.17) is 5.26 Å². The van der Waals surface area contributed by atoms with Crippen LogP contribution in [0.25, 0.3) is 0 Å². The zero-order chi connectivity index (χ0) is 11.3. The van der Waals surface area contributed by atoms with Gasteiger partial charge in [-0.25, -0.2) is 0 Å². The lowest BCUT2D eigenvalue weighted by molar-refractivity contribution is 1.15. The highest BCUT2D eigenvalue weighted by Gasteiger charge is 2.15. The van der Waals surface area contributed by atoms with Gasteiger partial charge in [-0.05, 0) is 17.5 Å². The largest absolute Gasteiger partial charge is 0.198 e. The Morgan fingerprint density at radius 2 is 2.00 bits per heavy atom. The molecular weight excluding hydrogens is 198 g/mol. The highest BCUT2D eigenvalue weighted by atomic mass is 28.3. The summed E-state index contributed by atoms with van der Waals surface area (Å²) < 4.78 is 0. The maximum atomic E-state index is 9.09. The van der Waals surface area contributed by atoms with Crippen molar-refractivity contribution in [3.63, 3.8) is 0 Å². The van der Waals surface area contributed by atoms with Gasteiger partial charge in [0.2, 0.25) is 0 Å². The maximum Gasteiger partial charge on any atom is 0.0667 e. The first kappa shape index (κ1) is 11.7. The molecule has 1 aromatic rings. The molecule has 0 aliphatic heterocycles. The lowest BCUT2D eigenvalue weighted by Crippen LogP contribution is -2.13. The molecule has 0 amide bonds. The van der Waals surface area contributed by atoms with Crippen LogP contribution < -0.4 is 0 Å². The zero-order valence-corrected chi connectivity index (χ0v) is 10.6. The lowest BCUT2D eigenvalue weighted by Gasteiger charge is -2.12. The van der Waals surface area contributed by atoms with Crippen LogP contribution in [0.5, 0.6) is 0 Å². The van der Waals surface area contributed by atoms with Gasteiger partial charge in [0.15, 0.2) is 0 Å². The van der Waals surface area contributed by atoms with Crippen molar-refractivity contribution in [1.82, 2.24) is 0 Å². The molecule has 0 aliphatic carbocycles. The van der Waals surface area contributed by atoms with Crippen LogP contribution in [0.1, 0.15) is 16.7 Å². The monoisotopic (exact) mass is 215 g/mol. The van der Waals surface area contributed by atoms with Gasteiger partial charge < -0.3 is 0 Å². The molecule has 0 saturated carbocycles. The third-order valence-corrected chi connectivity index (χ3v) is 4.39. The minimum Gasteiger partial charge on any atom is -0.198 e. The number of benzene rings is 1. The highest BCUT2D eigenvalue weighted by molar-refractivity contribution is 6.58. The van der Waals surface area contributed by atoms with Gasteiger partial charge in [0.05, 0.1) is 20.4 Å². The second-order valence-electron chi connectivity index (χ2n) is 4.09. The average Bonchev–Trinajstić information content (AvgIpc) is 2.21. The quantitative estimate of drug-likeness (QED) is 0.559. The highest BCUT2D eigenvalue weighted by Crippen LogP contribution is 2.19. The summed E-state index contributed by atoms with van der Waals surface area (Å²) in [7, 11) is -0.925. The van der Waals surface area contributed by atoms with Gasteiger partial charge in [-0.2, -0.15) is 5.26 Å². The van der Waals surface area contributed by atoms with Crippen molar-refractivity contribution in [2.24, 2.45) is 0 Å². The Bertz CT molecular complexity index is 359. The minimum absolute atomic E-state index is 0.141. The third-order valence-electron chi connectivity index (χ3n) is 2.52. The van der Waals surface area contributed by atoms with Gasteiger partial charge in [0.25, 0.3) is 0 Å². The van der Waals surface area contributed by atoms with E-state index in [-0.39, 0.29) is 5.54 Å². The number of hydrogen-bond acceptors (Lipinski definition) is 1. The Hall–Kier alpha value is -1.33. The molecule has 0 saturated heterocycles. The third kappa shape index (κ3) is 3.07. The van der Waals surface area contributed by atoms with Crippen molar-refractivity contribution < 1.29 is 0 Å². The molecule has 1 unspecified atom stereocenters. The molecule has 1 aromatic carbocycles. The van der Waals surface area contributed by atoms with Gasteiger partial charge in [-0.1, -0.05) is 43.4 Å². The number of hydrogen-bond donors (Lipinski definition) is 0. The molecular formula is C13H17NSi. The lowest BCUT2D eigenvalue weighted by atomic mass is 10.1. The van der Waals surface area contributed by atoms with Gasteiger partial charge in [-0.3, -0.25) is 0 Å². The van der Waals surface area contributed by atoms with Gasteiger partial charge in [0.1, 0.15) is 0 Å². The van der Waals surface area contributed by atoms with Crippen LogP contribution in [-0.2, 0) is 6.42 Å². The second kappa shape index (κ2) is 5.52. The van der Waals surface area contributed by atoms with Gasteiger partial charge >= 0.3 is 0 Å². The Balaban J connectivity index is 2.88. The van der Waals surface area contributed by atoms with E-state index in [9.17, 15) is 0 Å². The first-order valence-corrected chi connectivity index (χ1v) is 8.26. The van der Waals surface area contributed by atoms with Crippen LogP contribution in [0.15, 0.2) is 36.9 Å². The number of allylic oxidation sites excluding steroid dienone is 1. The topological polar surface area (TPSA) is 23.8 Å². The van der Waals surface area contributed by atoms with Gasteiger partial charge in [-0.15, -0.1) is 6.58 Å². The van der Waals surface area contributed by atoms with Crippen molar-refractivity contribution in [1.29, 1.82) is 5.26 Å². The summed E-state index contributed by atoms with van der Waals surface area (Å²) in [6, 6.07) is 10.8. The van der Waals surface area contributed by atoms with Crippen molar-refractivity contribution in [3.8, 4) is 6.07 Å². The summed E-state index contributed by atoms with van der Waals surface area (Å²) in [4.78, 5) is 0. The zero-order valence-electron chi connectivity index (χ0n) is 9.40.